The smallest absolute Gasteiger partial charge is 0.289 e. The van der Waals surface area contributed by atoms with Crippen molar-refractivity contribution in [1.82, 2.24) is 15.2 Å². The van der Waals surface area contributed by atoms with Crippen LogP contribution in [0.4, 0.5) is 0 Å². The van der Waals surface area contributed by atoms with Gasteiger partial charge < -0.3 is 14.2 Å². The lowest BCUT2D eigenvalue weighted by molar-refractivity contribution is -0.120. The molecule has 0 unspecified atom stereocenters. The van der Waals surface area contributed by atoms with Crippen molar-refractivity contribution in [3.63, 3.8) is 0 Å². The van der Waals surface area contributed by atoms with E-state index in [1.54, 1.807) is 0 Å². The molecule has 1 saturated heterocycles. The molecule has 1 N–H and O–H groups in total. The summed E-state index contributed by atoms with van der Waals surface area (Å²) in [6, 6.07) is 9.59. The molecule has 7 nitrogen and oxygen atoms in total. The Balaban J connectivity index is 1.50. The summed E-state index contributed by atoms with van der Waals surface area (Å²) in [6.07, 6.45) is 2.70. The van der Waals surface area contributed by atoms with Crippen molar-refractivity contribution in [2.75, 3.05) is 33.2 Å². The van der Waals surface area contributed by atoms with Crippen LogP contribution >= 0.6 is 0 Å². The number of nitrogens with zero attached hydrogens (tertiary/aromatic N) is 3. The zero-order valence-electron chi connectivity index (χ0n) is 17.6. The summed E-state index contributed by atoms with van der Waals surface area (Å²) in [4.78, 5) is 29.4. The zero-order valence-corrected chi connectivity index (χ0v) is 17.6. The van der Waals surface area contributed by atoms with E-state index in [0.717, 1.165) is 60.5 Å². The number of hydrazone groups is 1. The molecule has 0 saturated carbocycles. The molecule has 1 fully saturated rings. The minimum absolute atomic E-state index is 0.0533. The molecule has 2 aliphatic rings. The van der Waals surface area contributed by atoms with Gasteiger partial charge in [-0.05, 0) is 32.4 Å². The van der Waals surface area contributed by atoms with Crippen LogP contribution in [0.2, 0.25) is 0 Å². The lowest BCUT2D eigenvalue weighted by Crippen LogP contribution is -2.47. The van der Waals surface area contributed by atoms with E-state index in [4.69, 9.17) is 4.42 Å². The Labute approximate surface area is 176 Å². The fourth-order valence-electron chi connectivity index (χ4n) is 4.09. The van der Waals surface area contributed by atoms with Crippen LogP contribution in [0.1, 0.15) is 45.8 Å². The van der Waals surface area contributed by atoms with E-state index < -0.39 is 0 Å². The highest BCUT2D eigenvalue weighted by Gasteiger charge is 2.31. The molecule has 1 aliphatic heterocycles. The van der Waals surface area contributed by atoms with Crippen LogP contribution in [0.5, 0.6) is 0 Å². The lowest BCUT2D eigenvalue weighted by Gasteiger charge is -2.31. The Morgan fingerprint density at radius 2 is 1.83 bits per heavy atom. The van der Waals surface area contributed by atoms with Gasteiger partial charge in [-0.2, -0.15) is 5.10 Å². The third-order valence-corrected chi connectivity index (χ3v) is 5.83. The number of aryl methyl sites for hydroxylation is 1. The van der Waals surface area contributed by atoms with Crippen molar-refractivity contribution in [3.8, 4) is 0 Å². The van der Waals surface area contributed by atoms with Crippen LogP contribution in [0, 0.1) is 6.92 Å². The fourth-order valence-corrected chi connectivity index (χ4v) is 4.09. The molecule has 0 spiro atoms. The van der Waals surface area contributed by atoms with Crippen LogP contribution < -0.4 is 5.43 Å². The molecular formula is C23H28N4O3. The summed E-state index contributed by atoms with van der Waals surface area (Å²) in [6.45, 7) is 5.06. The predicted molar refractivity (Wildman–Crippen MR) is 115 cm³/mol. The molecule has 7 heteroatoms. The van der Waals surface area contributed by atoms with Crippen molar-refractivity contribution < 1.29 is 14.0 Å². The average molecular weight is 409 g/mol. The second-order valence-corrected chi connectivity index (χ2v) is 8.06. The quantitative estimate of drug-likeness (QED) is 0.788. The number of nitrogens with one attached hydrogen (secondary N) is 1. The van der Waals surface area contributed by atoms with E-state index in [0.29, 0.717) is 18.8 Å². The average Bonchev–Trinajstić information content (AvgIpc) is 3.10. The third-order valence-electron chi connectivity index (χ3n) is 5.83. The van der Waals surface area contributed by atoms with Gasteiger partial charge in [-0.3, -0.25) is 9.59 Å². The summed E-state index contributed by atoms with van der Waals surface area (Å²) in [5.41, 5.74) is 6.13. The Kier molecular flexibility index (Phi) is 5.99. The highest BCUT2D eigenvalue weighted by molar-refractivity contribution is 6.06. The summed E-state index contributed by atoms with van der Waals surface area (Å²) in [5.74, 6) is 1.00. The van der Waals surface area contributed by atoms with E-state index in [1.807, 2.05) is 42.2 Å². The van der Waals surface area contributed by atoms with Crippen LogP contribution in [-0.4, -0.2) is 60.6 Å². The normalized spacial score (nSPS) is 18.3. The van der Waals surface area contributed by atoms with Gasteiger partial charge in [-0.15, -0.1) is 0 Å². The molecule has 1 aliphatic carbocycles. The van der Waals surface area contributed by atoms with Crippen molar-refractivity contribution in [1.29, 1.82) is 0 Å². The number of hydrogen-bond donors (Lipinski definition) is 1. The molecule has 2 aromatic rings. The highest BCUT2D eigenvalue weighted by atomic mass is 16.4. The second kappa shape index (κ2) is 8.83. The Morgan fingerprint density at radius 1 is 1.10 bits per heavy atom. The molecule has 0 radical (unpaired) electrons. The predicted octanol–water partition coefficient (Wildman–Crippen LogP) is 2.37. The van der Waals surface area contributed by atoms with Gasteiger partial charge in [-0.1, -0.05) is 30.3 Å². The first kappa shape index (κ1) is 20.3. The van der Waals surface area contributed by atoms with Gasteiger partial charge in [0.25, 0.3) is 5.91 Å². The number of piperazine rings is 1. The number of furan rings is 1. The topological polar surface area (TPSA) is 78.2 Å². The van der Waals surface area contributed by atoms with Crippen LogP contribution in [0.25, 0.3) is 0 Å². The lowest BCUT2D eigenvalue weighted by atomic mass is 9.93. The van der Waals surface area contributed by atoms with Gasteiger partial charge in [-0.25, -0.2) is 5.43 Å². The number of benzene rings is 1. The number of rotatable bonds is 4. The van der Waals surface area contributed by atoms with E-state index >= 15 is 0 Å². The summed E-state index contributed by atoms with van der Waals surface area (Å²) < 4.78 is 6.01. The van der Waals surface area contributed by atoms with E-state index in [2.05, 4.69) is 22.5 Å². The third kappa shape index (κ3) is 4.31. The first-order chi connectivity index (χ1) is 14.5. The largest absolute Gasteiger partial charge is 0.455 e. The molecule has 2 heterocycles. The maximum atomic E-state index is 13.0. The van der Waals surface area contributed by atoms with Gasteiger partial charge >= 0.3 is 0 Å². The Bertz CT molecular complexity index is 956. The van der Waals surface area contributed by atoms with Crippen molar-refractivity contribution in [3.05, 3.63) is 58.5 Å². The molecule has 1 aromatic heterocycles. The number of carbonyl (C=O) groups is 2. The second-order valence-electron chi connectivity index (χ2n) is 8.06. The Hall–Kier alpha value is -2.93. The molecular weight excluding hydrogens is 380 g/mol. The van der Waals surface area contributed by atoms with Gasteiger partial charge in [0.05, 0.1) is 12.1 Å². The molecule has 0 bridgehead atoms. The minimum Gasteiger partial charge on any atom is -0.455 e. The minimum atomic E-state index is -0.157. The van der Waals surface area contributed by atoms with Gasteiger partial charge in [0.15, 0.2) is 5.76 Å². The van der Waals surface area contributed by atoms with Gasteiger partial charge in [0.2, 0.25) is 5.91 Å². The highest BCUT2D eigenvalue weighted by Crippen LogP contribution is 2.30. The van der Waals surface area contributed by atoms with Crippen molar-refractivity contribution in [2.24, 2.45) is 5.10 Å². The number of likely N-dealkylation sites (N-methyl/N-ethyl adjacent to an activating group) is 1. The Morgan fingerprint density at radius 3 is 2.57 bits per heavy atom. The van der Waals surface area contributed by atoms with E-state index in [1.165, 1.54) is 0 Å². The molecule has 158 valence electrons. The summed E-state index contributed by atoms with van der Waals surface area (Å²) in [7, 11) is 2.06. The van der Waals surface area contributed by atoms with Crippen LogP contribution in [0.3, 0.4) is 0 Å². The SMILES string of the molecule is Cc1c(C(=O)N2CCN(C)CC2)oc2c1/C(=N/NC(=O)Cc1ccccc1)CCC2. The van der Waals surface area contributed by atoms with Crippen molar-refractivity contribution in [2.45, 2.75) is 32.6 Å². The molecule has 30 heavy (non-hydrogen) atoms. The first-order valence-corrected chi connectivity index (χ1v) is 10.5. The zero-order chi connectivity index (χ0) is 21.1. The molecule has 4 rings (SSSR count). The first-order valence-electron chi connectivity index (χ1n) is 10.5. The van der Waals surface area contributed by atoms with Crippen LogP contribution in [0.15, 0.2) is 39.9 Å². The standard InChI is InChI=1S/C23H28N4O3/c1-16-21-18(24-25-20(28)15-17-7-4-3-5-8-17)9-6-10-19(21)30-22(16)23(29)27-13-11-26(2)12-14-27/h3-5,7-8H,6,9-15H2,1-2H3,(H,25,28)/b24-18+. The molecule has 0 atom stereocenters. The van der Waals surface area contributed by atoms with Crippen LogP contribution in [-0.2, 0) is 17.6 Å². The maximum absolute atomic E-state index is 13.0. The van der Waals surface area contributed by atoms with E-state index in [-0.39, 0.29) is 18.2 Å². The number of fused-ring (bicyclic) bond motifs is 1. The fraction of sp³-hybridized carbons (Fsp3) is 0.435. The van der Waals surface area contributed by atoms with Crippen molar-refractivity contribution >= 4 is 17.5 Å². The molecule has 2 amide bonds. The monoisotopic (exact) mass is 408 g/mol. The van der Waals surface area contributed by atoms with Gasteiger partial charge in [0, 0.05) is 43.7 Å². The van der Waals surface area contributed by atoms with Gasteiger partial charge in [0.1, 0.15) is 5.76 Å². The van der Waals surface area contributed by atoms with E-state index in [9.17, 15) is 9.59 Å². The number of hydrogen-bond acceptors (Lipinski definition) is 5. The summed E-state index contributed by atoms with van der Waals surface area (Å²) >= 11 is 0. The molecule has 1 aromatic carbocycles. The number of amides is 2. The maximum Gasteiger partial charge on any atom is 0.289 e. The summed E-state index contributed by atoms with van der Waals surface area (Å²) in [5, 5.41) is 4.40. The number of carbonyl (C=O) groups excluding carboxylic acids is 2.